The van der Waals surface area contributed by atoms with Gasteiger partial charge in [-0.25, -0.2) is 14.6 Å². The van der Waals surface area contributed by atoms with E-state index in [0.717, 1.165) is 35.1 Å². The molecule has 23 heavy (non-hydrogen) atoms. The van der Waals surface area contributed by atoms with Gasteiger partial charge in [0.15, 0.2) is 10.8 Å². The normalized spacial score (nSPS) is 14.6. The summed E-state index contributed by atoms with van der Waals surface area (Å²) < 4.78 is 1.85. The van der Waals surface area contributed by atoms with Crippen LogP contribution < -0.4 is 10.2 Å². The lowest BCUT2D eigenvalue weighted by Crippen LogP contribution is -2.26. The summed E-state index contributed by atoms with van der Waals surface area (Å²) in [6.07, 6.45) is 6.73. The third-order valence-corrected chi connectivity index (χ3v) is 4.56. The zero-order valence-corrected chi connectivity index (χ0v) is 14.4. The van der Waals surface area contributed by atoms with E-state index in [1.807, 2.05) is 24.1 Å². The van der Waals surface area contributed by atoms with Gasteiger partial charge < -0.3 is 10.2 Å². The smallest absolute Gasteiger partial charge is 0.219 e. The van der Waals surface area contributed by atoms with E-state index in [4.69, 9.17) is 4.98 Å². The van der Waals surface area contributed by atoms with Gasteiger partial charge in [-0.1, -0.05) is 18.7 Å². The Morgan fingerprint density at radius 3 is 2.83 bits per heavy atom. The number of hydrogen-bond acceptors (Lipinski definition) is 6. The van der Waals surface area contributed by atoms with Crippen LogP contribution in [0.5, 0.6) is 0 Å². The number of rotatable bonds is 6. The van der Waals surface area contributed by atoms with Gasteiger partial charge in [0.1, 0.15) is 5.82 Å². The number of nitrogens with zero attached hydrogens (tertiary/aromatic N) is 5. The van der Waals surface area contributed by atoms with Crippen molar-refractivity contribution in [2.75, 3.05) is 30.8 Å². The van der Waals surface area contributed by atoms with Crippen LogP contribution in [0.25, 0.3) is 11.0 Å². The minimum absolute atomic E-state index is 0.0543. The molecule has 8 heteroatoms. The second kappa shape index (κ2) is 7.16. The van der Waals surface area contributed by atoms with Gasteiger partial charge in [0, 0.05) is 26.1 Å². The van der Waals surface area contributed by atoms with Gasteiger partial charge in [0.25, 0.3) is 0 Å². The van der Waals surface area contributed by atoms with Crippen molar-refractivity contribution in [2.45, 2.75) is 37.9 Å². The summed E-state index contributed by atoms with van der Waals surface area (Å²) in [7, 11) is 0. The molecule has 0 aromatic carbocycles. The molecule has 1 N–H and O–H groups in total. The molecular weight excluding hydrogens is 312 g/mol. The molecule has 0 unspecified atom stereocenters. The lowest BCUT2D eigenvalue weighted by molar-refractivity contribution is -0.120. The van der Waals surface area contributed by atoms with Gasteiger partial charge in [0.2, 0.25) is 5.91 Å². The highest BCUT2D eigenvalue weighted by Crippen LogP contribution is 2.28. The third kappa shape index (κ3) is 3.41. The van der Waals surface area contributed by atoms with Crippen LogP contribution in [0.2, 0.25) is 0 Å². The van der Waals surface area contributed by atoms with Crippen molar-refractivity contribution in [3.63, 3.8) is 0 Å². The number of nitrogens with one attached hydrogen (secondary N) is 1. The first-order valence-electron chi connectivity index (χ1n) is 8.02. The van der Waals surface area contributed by atoms with Gasteiger partial charge in [-0.2, -0.15) is 5.10 Å². The summed E-state index contributed by atoms with van der Waals surface area (Å²) in [6.45, 7) is 5.09. The Hall–Kier alpha value is -1.83. The number of carbonyl (C=O) groups is 1. The summed E-state index contributed by atoms with van der Waals surface area (Å²) in [4.78, 5) is 23.0. The van der Waals surface area contributed by atoms with Gasteiger partial charge >= 0.3 is 0 Å². The maximum absolute atomic E-state index is 11.4. The first-order chi connectivity index (χ1) is 11.2. The maximum Gasteiger partial charge on any atom is 0.219 e. The maximum atomic E-state index is 11.4. The monoisotopic (exact) mass is 334 g/mol. The standard InChI is InChI=1S/C15H22N6OS/c1-3-12(22)16-6-9-21-14-11(10-17-21)13(18-15(19-14)23-2)20-7-4-5-8-20/h10H,3-9H2,1-2H3,(H,16,22). The fourth-order valence-corrected chi connectivity index (χ4v) is 3.13. The van der Waals surface area contributed by atoms with Crippen molar-refractivity contribution >= 4 is 34.5 Å². The van der Waals surface area contributed by atoms with E-state index in [-0.39, 0.29) is 5.91 Å². The van der Waals surface area contributed by atoms with Crippen molar-refractivity contribution in [1.82, 2.24) is 25.1 Å². The van der Waals surface area contributed by atoms with Crippen LogP contribution in [0.4, 0.5) is 5.82 Å². The zero-order valence-electron chi connectivity index (χ0n) is 13.6. The average molecular weight is 334 g/mol. The molecule has 2 aromatic rings. The number of amides is 1. The molecule has 2 aromatic heterocycles. The molecular formula is C15H22N6OS. The van der Waals surface area contributed by atoms with E-state index in [1.165, 1.54) is 12.8 Å². The van der Waals surface area contributed by atoms with Crippen LogP contribution in [0, 0.1) is 0 Å². The Balaban J connectivity index is 1.88. The number of hydrogen-bond donors (Lipinski definition) is 1. The number of aromatic nitrogens is 4. The van der Waals surface area contributed by atoms with Crippen molar-refractivity contribution in [1.29, 1.82) is 0 Å². The van der Waals surface area contributed by atoms with E-state index in [1.54, 1.807) is 11.8 Å². The fourth-order valence-electron chi connectivity index (χ4n) is 2.77. The molecule has 1 aliphatic heterocycles. The van der Waals surface area contributed by atoms with Crippen molar-refractivity contribution in [3.05, 3.63) is 6.20 Å². The number of thioether (sulfide) groups is 1. The molecule has 7 nitrogen and oxygen atoms in total. The summed E-state index contributed by atoms with van der Waals surface area (Å²) in [5.41, 5.74) is 0.844. The molecule has 1 aliphatic rings. The Kier molecular flexibility index (Phi) is 5.00. The number of anilines is 1. The molecule has 1 amide bonds. The van der Waals surface area contributed by atoms with E-state index in [9.17, 15) is 4.79 Å². The van der Waals surface area contributed by atoms with E-state index < -0.39 is 0 Å². The quantitative estimate of drug-likeness (QED) is 0.640. The molecule has 0 aliphatic carbocycles. The van der Waals surface area contributed by atoms with Crippen LogP contribution in [0.1, 0.15) is 26.2 Å². The Labute approximate surface area is 139 Å². The molecule has 1 saturated heterocycles. The molecule has 0 radical (unpaired) electrons. The summed E-state index contributed by atoms with van der Waals surface area (Å²) >= 11 is 1.54. The lowest BCUT2D eigenvalue weighted by atomic mass is 10.3. The predicted octanol–water partition coefficient (Wildman–Crippen LogP) is 1.67. The minimum atomic E-state index is 0.0543. The molecule has 0 saturated carbocycles. The van der Waals surface area contributed by atoms with Gasteiger partial charge in [0.05, 0.1) is 18.1 Å². The molecule has 124 valence electrons. The fraction of sp³-hybridized carbons (Fsp3) is 0.600. The Bertz CT molecular complexity index is 695. The van der Waals surface area contributed by atoms with E-state index >= 15 is 0 Å². The van der Waals surface area contributed by atoms with Crippen LogP contribution in [-0.4, -0.2) is 51.5 Å². The Morgan fingerprint density at radius 1 is 1.35 bits per heavy atom. The number of carbonyl (C=O) groups excluding carboxylic acids is 1. The highest BCUT2D eigenvalue weighted by atomic mass is 32.2. The van der Waals surface area contributed by atoms with Crippen LogP contribution in [0.15, 0.2) is 11.4 Å². The van der Waals surface area contributed by atoms with E-state index in [0.29, 0.717) is 19.5 Å². The highest BCUT2D eigenvalue weighted by molar-refractivity contribution is 7.98. The van der Waals surface area contributed by atoms with Crippen LogP contribution >= 0.6 is 11.8 Å². The largest absolute Gasteiger partial charge is 0.356 e. The molecule has 3 rings (SSSR count). The first kappa shape index (κ1) is 16.0. The van der Waals surface area contributed by atoms with E-state index in [2.05, 4.69) is 20.3 Å². The van der Waals surface area contributed by atoms with Crippen molar-refractivity contribution in [2.24, 2.45) is 0 Å². The van der Waals surface area contributed by atoms with Crippen molar-refractivity contribution < 1.29 is 4.79 Å². The zero-order chi connectivity index (χ0) is 16.2. The number of fused-ring (bicyclic) bond motifs is 1. The summed E-state index contributed by atoms with van der Waals surface area (Å²) in [5.74, 6) is 1.04. The summed E-state index contributed by atoms with van der Waals surface area (Å²) in [6, 6.07) is 0. The third-order valence-electron chi connectivity index (χ3n) is 4.01. The second-order valence-electron chi connectivity index (χ2n) is 5.54. The second-order valence-corrected chi connectivity index (χ2v) is 6.31. The molecule has 0 atom stereocenters. The predicted molar refractivity (Wildman–Crippen MR) is 91.9 cm³/mol. The average Bonchev–Trinajstić information content (AvgIpc) is 3.23. The first-order valence-corrected chi connectivity index (χ1v) is 9.24. The SMILES string of the molecule is CCC(=O)NCCn1ncc2c(N3CCCC3)nc(SC)nc21. The van der Waals surface area contributed by atoms with Gasteiger partial charge in [-0.3, -0.25) is 4.79 Å². The van der Waals surface area contributed by atoms with Crippen molar-refractivity contribution in [3.8, 4) is 0 Å². The molecule has 0 bridgehead atoms. The topological polar surface area (TPSA) is 75.9 Å². The van der Waals surface area contributed by atoms with Gasteiger partial charge in [-0.15, -0.1) is 0 Å². The van der Waals surface area contributed by atoms with Crippen LogP contribution in [0.3, 0.4) is 0 Å². The summed E-state index contributed by atoms with van der Waals surface area (Å²) in [5, 5.41) is 9.08. The van der Waals surface area contributed by atoms with Gasteiger partial charge in [-0.05, 0) is 19.1 Å². The molecule has 0 spiro atoms. The minimum Gasteiger partial charge on any atom is -0.356 e. The molecule has 3 heterocycles. The lowest BCUT2D eigenvalue weighted by Gasteiger charge is -2.17. The molecule has 1 fully saturated rings. The Morgan fingerprint density at radius 2 is 2.13 bits per heavy atom. The van der Waals surface area contributed by atoms with Crippen LogP contribution in [-0.2, 0) is 11.3 Å². The highest BCUT2D eigenvalue weighted by Gasteiger charge is 2.20.